The van der Waals surface area contributed by atoms with Gasteiger partial charge in [0.2, 0.25) is 5.91 Å². The van der Waals surface area contributed by atoms with Crippen LogP contribution in [0, 0.1) is 19.8 Å². The predicted octanol–water partition coefficient (Wildman–Crippen LogP) is 1.74. The van der Waals surface area contributed by atoms with Gasteiger partial charge in [-0.05, 0) is 63.4 Å². The fourth-order valence-electron chi connectivity index (χ4n) is 4.04. The smallest absolute Gasteiger partial charge is 0.260 e. The highest BCUT2D eigenvalue weighted by Gasteiger charge is 2.31. The molecule has 0 saturated carbocycles. The minimum Gasteiger partial charge on any atom is -0.484 e. The summed E-state index contributed by atoms with van der Waals surface area (Å²) in [5, 5.41) is 3.39. The maximum absolute atomic E-state index is 12.7. The van der Waals surface area contributed by atoms with E-state index in [9.17, 15) is 9.59 Å². The van der Waals surface area contributed by atoms with Crippen molar-refractivity contribution in [2.24, 2.45) is 5.92 Å². The number of benzene rings is 1. The summed E-state index contributed by atoms with van der Waals surface area (Å²) in [6.07, 6.45) is 1.81. The zero-order valence-electron chi connectivity index (χ0n) is 16.7. The minimum absolute atomic E-state index is 0.0169. The average molecular weight is 373 g/mol. The summed E-state index contributed by atoms with van der Waals surface area (Å²) >= 11 is 0. The van der Waals surface area contributed by atoms with Crippen molar-refractivity contribution in [2.45, 2.75) is 39.7 Å². The molecule has 2 aliphatic heterocycles. The third-order valence-corrected chi connectivity index (χ3v) is 5.47. The first-order valence-electron chi connectivity index (χ1n) is 9.93. The molecule has 1 aromatic carbocycles. The van der Waals surface area contributed by atoms with Crippen LogP contribution in [-0.2, 0) is 9.59 Å². The van der Waals surface area contributed by atoms with Crippen LogP contribution in [0.3, 0.4) is 0 Å². The Morgan fingerprint density at radius 1 is 1.07 bits per heavy atom. The van der Waals surface area contributed by atoms with Crippen LogP contribution in [0.25, 0.3) is 0 Å². The molecule has 148 valence electrons. The van der Waals surface area contributed by atoms with Gasteiger partial charge < -0.3 is 19.9 Å². The van der Waals surface area contributed by atoms with Gasteiger partial charge in [0, 0.05) is 38.1 Å². The molecule has 1 aromatic rings. The van der Waals surface area contributed by atoms with Crippen molar-refractivity contribution in [3.63, 3.8) is 0 Å². The summed E-state index contributed by atoms with van der Waals surface area (Å²) in [6.45, 7) is 9.52. The Labute approximate surface area is 161 Å². The van der Waals surface area contributed by atoms with Crippen molar-refractivity contribution in [1.82, 2.24) is 15.1 Å². The largest absolute Gasteiger partial charge is 0.484 e. The molecule has 1 N–H and O–H groups in total. The maximum Gasteiger partial charge on any atom is 0.260 e. The number of ether oxygens (including phenoxy) is 1. The molecule has 2 atom stereocenters. The van der Waals surface area contributed by atoms with Gasteiger partial charge in [-0.1, -0.05) is 6.07 Å². The molecule has 2 saturated heterocycles. The van der Waals surface area contributed by atoms with Crippen molar-refractivity contribution in [2.75, 3.05) is 39.3 Å². The van der Waals surface area contributed by atoms with Crippen LogP contribution < -0.4 is 10.1 Å². The Morgan fingerprint density at radius 2 is 1.70 bits per heavy atom. The van der Waals surface area contributed by atoms with Gasteiger partial charge in [-0.15, -0.1) is 0 Å². The first kappa shape index (κ1) is 19.7. The number of aryl methyl sites for hydroxylation is 2. The van der Waals surface area contributed by atoms with Gasteiger partial charge in [-0.25, -0.2) is 0 Å². The molecule has 3 rings (SSSR count). The third-order valence-electron chi connectivity index (χ3n) is 5.47. The van der Waals surface area contributed by atoms with Crippen LogP contribution in [0.1, 0.15) is 30.9 Å². The van der Waals surface area contributed by atoms with E-state index in [1.54, 1.807) is 4.90 Å². The molecule has 0 aromatic heterocycles. The lowest BCUT2D eigenvalue weighted by Crippen LogP contribution is -2.54. The molecule has 2 fully saturated rings. The van der Waals surface area contributed by atoms with E-state index < -0.39 is 0 Å². The number of rotatable bonds is 4. The number of piperazine rings is 1. The lowest BCUT2D eigenvalue weighted by Gasteiger charge is -2.38. The average Bonchev–Trinajstić information content (AvgIpc) is 2.65. The van der Waals surface area contributed by atoms with Gasteiger partial charge in [0.15, 0.2) is 6.61 Å². The van der Waals surface area contributed by atoms with E-state index in [0.717, 1.165) is 36.3 Å². The molecule has 2 heterocycles. The highest BCUT2D eigenvalue weighted by Crippen LogP contribution is 2.20. The maximum atomic E-state index is 12.7. The van der Waals surface area contributed by atoms with Crippen molar-refractivity contribution < 1.29 is 14.3 Å². The van der Waals surface area contributed by atoms with Crippen molar-refractivity contribution >= 4 is 11.8 Å². The predicted molar refractivity (Wildman–Crippen MR) is 105 cm³/mol. The summed E-state index contributed by atoms with van der Waals surface area (Å²) in [7, 11) is 0. The van der Waals surface area contributed by atoms with E-state index in [2.05, 4.69) is 18.3 Å². The number of hydrogen-bond acceptors (Lipinski definition) is 4. The lowest BCUT2D eigenvalue weighted by atomic mass is 9.92. The first-order chi connectivity index (χ1) is 12.9. The van der Waals surface area contributed by atoms with E-state index in [1.807, 2.05) is 30.9 Å². The number of nitrogens with one attached hydrogen (secondary N) is 1. The van der Waals surface area contributed by atoms with Crippen molar-refractivity contribution in [3.05, 3.63) is 29.3 Å². The molecule has 6 nitrogen and oxygen atoms in total. The molecule has 0 aliphatic carbocycles. The number of nitrogens with zero attached hydrogens (tertiary/aromatic N) is 2. The van der Waals surface area contributed by atoms with Gasteiger partial charge in [0.1, 0.15) is 5.75 Å². The van der Waals surface area contributed by atoms with Crippen LogP contribution >= 0.6 is 0 Å². The minimum atomic E-state index is -0.0169. The lowest BCUT2D eigenvalue weighted by molar-refractivity contribution is -0.143. The Morgan fingerprint density at radius 3 is 2.33 bits per heavy atom. The topological polar surface area (TPSA) is 61.9 Å². The fourth-order valence-corrected chi connectivity index (χ4v) is 4.04. The van der Waals surface area contributed by atoms with Crippen molar-refractivity contribution in [3.8, 4) is 5.75 Å². The number of hydrogen-bond donors (Lipinski definition) is 1. The van der Waals surface area contributed by atoms with Crippen LogP contribution in [0.15, 0.2) is 18.2 Å². The number of piperidine rings is 1. The molecule has 27 heavy (non-hydrogen) atoms. The standard InChI is InChI=1S/C21H31N3O3/c1-15-10-16(2)12-19(11-15)27-14-20(25)23-6-8-24(9-7-23)21(26)18-4-5-22-17(3)13-18/h10-12,17-18,22H,4-9,13-14H2,1-3H3/t17-,18-/m0/s1. The Bertz CT molecular complexity index is 663. The van der Waals surface area contributed by atoms with Gasteiger partial charge >= 0.3 is 0 Å². The van der Waals surface area contributed by atoms with E-state index in [1.165, 1.54) is 0 Å². The van der Waals surface area contributed by atoms with E-state index in [4.69, 9.17) is 4.74 Å². The normalized spacial score (nSPS) is 23.2. The molecule has 0 unspecified atom stereocenters. The molecule has 0 bridgehead atoms. The summed E-state index contributed by atoms with van der Waals surface area (Å²) in [5.74, 6) is 1.09. The molecular formula is C21H31N3O3. The second kappa shape index (κ2) is 8.74. The van der Waals surface area contributed by atoms with Gasteiger partial charge in [0.25, 0.3) is 5.91 Å². The first-order valence-corrected chi connectivity index (χ1v) is 9.93. The highest BCUT2D eigenvalue weighted by atomic mass is 16.5. The van der Waals surface area contributed by atoms with Gasteiger partial charge in [0.05, 0.1) is 0 Å². The van der Waals surface area contributed by atoms with Crippen LogP contribution in [-0.4, -0.2) is 67.0 Å². The Balaban J connectivity index is 1.45. The fraction of sp³-hybridized carbons (Fsp3) is 0.619. The monoisotopic (exact) mass is 373 g/mol. The van der Waals surface area contributed by atoms with Gasteiger partial charge in [-0.2, -0.15) is 0 Å². The van der Waals surface area contributed by atoms with Crippen LogP contribution in [0.4, 0.5) is 0 Å². The summed E-state index contributed by atoms with van der Waals surface area (Å²) < 4.78 is 5.69. The zero-order chi connectivity index (χ0) is 19.4. The van der Waals surface area contributed by atoms with Crippen LogP contribution in [0.5, 0.6) is 5.75 Å². The molecule has 2 aliphatic rings. The second-order valence-electron chi connectivity index (χ2n) is 7.89. The molecule has 2 amide bonds. The van der Waals surface area contributed by atoms with Crippen molar-refractivity contribution in [1.29, 1.82) is 0 Å². The van der Waals surface area contributed by atoms with E-state index >= 15 is 0 Å². The second-order valence-corrected chi connectivity index (χ2v) is 7.89. The summed E-state index contributed by atoms with van der Waals surface area (Å²) in [5.41, 5.74) is 2.24. The SMILES string of the molecule is Cc1cc(C)cc(OCC(=O)N2CCN(C(=O)[C@H]3CCN[C@@H](C)C3)CC2)c1. The van der Waals surface area contributed by atoms with E-state index in [-0.39, 0.29) is 24.3 Å². The molecule has 0 spiro atoms. The summed E-state index contributed by atoms with van der Waals surface area (Å²) in [4.78, 5) is 28.9. The third kappa shape index (κ3) is 5.22. The molecular weight excluding hydrogens is 342 g/mol. The van der Waals surface area contributed by atoms with Crippen LogP contribution in [0.2, 0.25) is 0 Å². The Hall–Kier alpha value is -2.08. The van der Waals surface area contributed by atoms with Gasteiger partial charge in [-0.3, -0.25) is 9.59 Å². The number of carbonyl (C=O) groups excluding carboxylic acids is 2. The Kier molecular flexibility index (Phi) is 6.37. The number of carbonyl (C=O) groups is 2. The molecule has 6 heteroatoms. The molecule has 0 radical (unpaired) electrons. The quantitative estimate of drug-likeness (QED) is 0.873. The summed E-state index contributed by atoms with van der Waals surface area (Å²) in [6, 6.07) is 6.36. The zero-order valence-corrected chi connectivity index (χ0v) is 16.7. The highest BCUT2D eigenvalue weighted by molar-refractivity contribution is 5.80. The number of amides is 2. The van der Waals surface area contributed by atoms with E-state index in [0.29, 0.717) is 32.2 Å².